The van der Waals surface area contributed by atoms with Crippen LogP contribution in [0.15, 0.2) is 36.7 Å². The predicted molar refractivity (Wildman–Crippen MR) is 73.5 cm³/mol. The SMILES string of the molecule is CC(=O)Nc1ccc(Nc2ccc[nH]c2=S)nc1. The van der Waals surface area contributed by atoms with Gasteiger partial charge in [-0.25, -0.2) is 4.98 Å². The van der Waals surface area contributed by atoms with E-state index in [1.54, 1.807) is 24.5 Å². The maximum atomic E-state index is 10.9. The minimum absolute atomic E-state index is 0.122. The summed E-state index contributed by atoms with van der Waals surface area (Å²) in [7, 11) is 0. The second-order valence-electron chi connectivity index (χ2n) is 3.65. The fourth-order valence-electron chi connectivity index (χ4n) is 1.40. The van der Waals surface area contributed by atoms with Crippen molar-refractivity contribution in [1.29, 1.82) is 0 Å². The predicted octanol–water partition coefficient (Wildman–Crippen LogP) is 2.84. The van der Waals surface area contributed by atoms with Gasteiger partial charge in [-0.05, 0) is 24.3 Å². The van der Waals surface area contributed by atoms with E-state index in [2.05, 4.69) is 20.6 Å². The number of H-pyrrole nitrogens is 1. The molecular weight excluding hydrogens is 248 g/mol. The van der Waals surface area contributed by atoms with Crippen LogP contribution in [0.2, 0.25) is 0 Å². The normalized spacial score (nSPS) is 9.83. The lowest BCUT2D eigenvalue weighted by molar-refractivity contribution is -0.114. The molecule has 0 saturated heterocycles. The van der Waals surface area contributed by atoms with Crippen molar-refractivity contribution in [1.82, 2.24) is 9.97 Å². The zero-order valence-electron chi connectivity index (χ0n) is 9.73. The van der Waals surface area contributed by atoms with Crippen molar-refractivity contribution in [3.05, 3.63) is 41.3 Å². The highest BCUT2D eigenvalue weighted by atomic mass is 32.1. The molecule has 2 aromatic rings. The van der Waals surface area contributed by atoms with Gasteiger partial charge in [-0.15, -0.1) is 0 Å². The molecule has 0 fully saturated rings. The van der Waals surface area contributed by atoms with Gasteiger partial charge in [0.15, 0.2) is 0 Å². The first kappa shape index (κ1) is 12.3. The lowest BCUT2D eigenvalue weighted by atomic mass is 10.3. The number of aromatic amines is 1. The molecule has 2 rings (SSSR count). The van der Waals surface area contributed by atoms with Crippen LogP contribution in [0.1, 0.15) is 6.92 Å². The molecule has 0 bridgehead atoms. The Labute approximate surface area is 109 Å². The van der Waals surface area contributed by atoms with E-state index in [1.807, 2.05) is 12.1 Å². The number of carbonyl (C=O) groups is 1. The summed E-state index contributed by atoms with van der Waals surface area (Å²) in [4.78, 5) is 18.0. The monoisotopic (exact) mass is 260 g/mol. The maximum absolute atomic E-state index is 10.9. The van der Waals surface area contributed by atoms with Crippen molar-refractivity contribution in [3.63, 3.8) is 0 Å². The van der Waals surface area contributed by atoms with Crippen molar-refractivity contribution in [2.45, 2.75) is 6.92 Å². The molecule has 0 radical (unpaired) electrons. The topological polar surface area (TPSA) is 69.8 Å². The summed E-state index contributed by atoms with van der Waals surface area (Å²) in [5.41, 5.74) is 1.44. The quantitative estimate of drug-likeness (QED) is 0.742. The van der Waals surface area contributed by atoms with Crippen molar-refractivity contribution in [3.8, 4) is 0 Å². The lowest BCUT2D eigenvalue weighted by Crippen LogP contribution is -2.06. The third-order valence-electron chi connectivity index (χ3n) is 2.16. The van der Waals surface area contributed by atoms with E-state index < -0.39 is 0 Å². The summed E-state index contributed by atoms with van der Waals surface area (Å²) in [5.74, 6) is 0.540. The van der Waals surface area contributed by atoms with Crippen LogP contribution in [0.5, 0.6) is 0 Å². The highest BCUT2D eigenvalue weighted by Crippen LogP contribution is 2.16. The molecule has 1 amide bonds. The van der Waals surface area contributed by atoms with Crippen molar-refractivity contribution in [2.24, 2.45) is 0 Å². The Morgan fingerprint density at radius 2 is 2.22 bits per heavy atom. The van der Waals surface area contributed by atoms with E-state index in [0.29, 0.717) is 16.1 Å². The number of anilines is 3. The molecule has 18 heavy (non-hydrogen) atoms. The highest BCUT2D eigenvalue weighted by Gasteiger charge is 1.99. The standard InChI is InChI=1S/C12H12N4OS/c1-8(17)15-9-4-5-11(14-7-9)16-10-3-2-6-13-12(10)18/h2-7H,1H3,(H,13,18)(H,14,16)(H,15,17). The van der Waals surface area contributed by atoms with E-state index in [0.717, 1.165) is 5.69 Å². The molecule has 0 atom stereocenters. The fourth-order valence-corrected chi connectivity index (χ4v) is 1.59. The van der Waals surface area contributed by atoms with Crippen LogP contribution >= 0.6 is 12.2 Å². The average molecular weight is 260 g/mol. The van der Waals surface area contributed by atoms with Crippen LogP contribution in [0.3, 0.4) is 0 Å². The number of carbonyl (C=O) groups excluding carboxylic acids is 1. The van der Waals surface area contributed by atoms with Gasteiger partial charge in [-0.2, -0.15) is 0 Å². The number of nitrogens with zero attached hydrogens (tertiary/aromatic N) is 1. The molecule has 6 heteroatoms. The molecule has 3 N–H and O–H groups in total. The van der Waals surface area contributed by atoms with Gasteiger partial charge in [0.2, 0.25) is 5.91 Å². The Balaban J connectivity index is 2.14. The lowest BCUT2D eigenvalue weighted by Gasteiger charge is -2.06. The van der Waals surface area contributed by atoms with Crippen LogP contribution in [0, 0.1) is 4.64 Å². The Kier molecular flexibility index (Phi) is 3.69. The summed E-state index contributed by atoms with van der Waals surface area (Å²) >= 11 is 5.13. The molecule has 0 unspecified atom stereocenters. The summed E-state index contributed by atoms with van der Waals surface area (Å²) in [5, 5.41) is 5.74. The molecule has 2 heterocycles. The van der Waals surface area contributed by atoms with Crippen LogP contribution in [0.4, 0.5) is 17.2 Å². The van der Waals surface area contributed by atoms with Gasteiger partial charge in [-0.3, -0.25) is 4.79 Å². The number of rotatable bonds is 3. The second-order valence-corrected chi connectivity index (χ2v) is 4.06. The third kappa shape index (κ3) is 3.14. The van der Waals surface area contributed by atoms with Gasteiger partial charge >= 0.3 is 0 Å². The average Bonchev–Trinajstić information content (AvgIpc) is 2.34. The Morgan fingerprint density at radius 3 is 2.83 bits per heavy atom. The van der Waals surface area contributed by atoms with Crippen molar-refractivity contribution in [2.75, 3.05) is 10.6 Å². The zero-order chi connectivity index (χ0) is 13.0. The van der Waals surface area contributed by atoms with Gasteiger partial charge in [0.1, 0.15) is 10.5 Å². The number of aromatic nitrogens is 2. The van der Waals surface area contributed by atoms with Gasteiger partial charge in [0.05, 0.1) is 17.6 Å². The highest BCUT2D eigenvalue weighted by molar-refractivity contribution is 7.71. The van der Waals surface area contributed by atoms with E-state index in [1.165, 1.54) is 6.92 Å². The number of pyridine rings is 2. The second kappa shape index (κ2) is 5.42. The van der Waals surface area contributed by atoms with E-state index in [4.69, 9.17) is 12.2 Å². The first-order valence-electron chi connectivity index (χ1n) is 5.33. The number of amides is 1. The molecule has 5 nitrogen and oxygen atoms in total. The van der Waals surface area contributed by atoms with Gasteiger partial charge in [-0.1, -0.05) is 12.2 Å². The third-order valence-corrected chi connectivity index (χ3v) is 2.50. The molecule has 0 aromatic carbocycles. The summed E-state index contributed by atoms with van der Waals surface area (Å²) in [6, 6.07) is 7.26. The van der Waals surface area contributed by atoms with E-state index in [9.17, 15) is 4.79 Å². The Hall–Kier alpha value is -2.21. The maximum Gasteiger partial charge on any atom is 0.221 e. The molecule has 92 valence electrons. The number of hydrogen-bond donors (Lipinski definition) is 3. The van der Waals surface area contributed by atoms with Gasteiger partial charge in [0, 0.05) is 13.1 Å². The Bertz CT molecular complexity index is 606. The Morgan fingerprint density at radius 1 is 1.39 bits per heavy atom. The van der Waals surface area contributed by atoms with Crippen molar-refractivity contribution < 1.29 is 4.79 Å². The molecule has 0 spiro atoms. The minimum Gasteiger partial charge on any atom is -0.351 e. The molecular formula is C12H12N4OS. The number of nitrogens with one attached hydrogen (secondary N) is 3. The van der Waals surface area contributed by atoms with Gasteiger partial charge < -0.3 is 15.6 Å². The van der Waals surface area contributed by atoms with Crippen LogP contribution in [0.25, 0.3) is 0 Å². The van der Waals surface area contributed by atoms with E-state index >= 15 is 0 Å². The van der Waals surface area contributed by atoms with Gasteiger partial charge in [0.25, 0.3) is 0 Å². The summed E-state index contributed by atoms with van der Waals surface area (Å²) in [6.45, 7) is 1.45. The first-order chi connectivity index (χ1) is 8.65. The van der Waals surface area contributed by atoms with Crippen molar-refractivity contribution >= 4 is 35.3 Å². The molecule has 0 aliphatic heterocycles. The van der Waals surface area contributed by atoms with Crippen LogP contribution < -0.4 is 10.6 Å². The molecule has 0 aliphatic rings. The van der Waals surface area contributed by atoms with Crippen LogP contribution in [-0.2, 0) is 4.79 Å². The summed E-state index contributed by atoms with van der Waals surface area (Å²) in [6.07, 6.45) is 3.35. The molecule has 2 aromatic heterocycles. The first-order valence-corrected chi connectivity index (χ1v) is 5.74. The summed E-state index contributed by atoms with van der Waals surface area (Å²) < 4.78 is 0.616. The van der Waals surface area contributed by atoms with Crippen LogP contribution in [-0.4, -0.2) is 15.9 Å². The smallest absolute Gasteiger partial charge is 0.221 e. The zero-order valence-corrected chi connectivity index (χ0v) is 10.5. The molecule has 0 saturated carbocycles. The fraction of sp³-hybridized carbons (Fsp3) is 0.0833. The largest absolute Gasteiger partial charge is 0.351 e. The van der Waals surface area contributed by atoms with E-state index in [-0.39, 0.29) is 5.91 Å². The number of hydrogen-bond acceptors (Lipinski definition) is 4. The minimum atomic E-state index is -0.122. The molecule has 0 aliphatic carbocycles.